The van der Waals surface area contributed by atoms with Crippen LogP contribution in [0.4, 0.5) is 0 Å². The van der Waals surface area contributed by atoms with Gasteiger partial charge in [0.05, 0.1) is 6.61 Å². The van der Waals surface area contributed by atoms with Crippen molar-refractivity contribution in [3.63, 3.8) is 0 Å². The normalized spacial score (nSPS) is 29.1. The summed E-state index contributed by atoms with van der Waals surface area (Å²) in [5.41, 5.74) is 3.10. The zero-order chi connectivity index (χ0) is 12.8. The first-order valence-electron chi connectivity index (χ1n) is 7.06. The van der Waals surface area contributed by atoms with Crippen molar-refractivity contribution < 1.29 is 4.74 Å². The SMILES string of the molecule is Cc1cccc2c1OCCCC2NC1CC1(C)C. The van der Waals surface area contributed by atoms with Gasteiger partial charge in [0.25, 0.3) is 0 Å². The fourth-order valence-electron chi connectivity index (χ4n) is 2.93. The van der Waals surface area contributed by atoms with Crippen molar-refractivity contribution in [2.24, 2.45) is 5.41 Å². The van der Waals surface area contributed by atoms with Gasteiger partial charge >= 0.3 is 0 Å². The second kappa shape index (κ2) is 4.27. The summed E-state index contributed by atoms with van der Waals surface area (Å²) in [6, 6.07) is 7.65. The summed E-state index contributed by atoms with van der Waals surface area (Å²) < 4.78 is 5.92. The van der Waals surface area contributed by atoms with E-state index in [1.165, 1.54) is 24.0 Å². The van der Waals surface area contributed by atoms with Crippen LogP contribution in [-0.4, -0.2) is 12.6 Å². The van der Waals surface area contributed by atoms with Crippen LogP contribution in [0.5, 0.6) is 5.75 Å². The minimum Gasteiger partial charge on any atom is -0.493 e. The highest BCUT2D eigenvalue weighted by Crippen LogP contribution is 2.47. The van der Waals surface area contributed by atoms with Crippen LogP contribution in [-0.2, 0) is 0 Å². The predicted molar refractivity (Wildman–Crippen MR) is 74.0 cm³/mol. The van der Waals surface area contributed by atoms with Crippen LogP contribution in [0.2, 0.25) is 0 Å². The average Bonchev–Trinajstić information content (AvgIpc) is 2.97. The highest BCUT2D eigenvalue weighted by Gasteiger charge is 2.46. The molecule has 1 N–H and O–H groups in total. The molecule has 1 saturated carbocycles. The molecule has 1 aliphatic heterocycles. The molecule has 18 heavy (non-hydrogen) atoms. The lowest BCUT2D eigenvalue weighted by molar-refractivity contribution is 0.313. The number of para-hydroxylation sites is 1. The van der Waals surface area contributed by atoms with Gasteiger partial charge in [-0.2, -0.15) is 0 Å². The summed E-state index contributed by atoms with van der Waals surface area (Å²) >= 11 is 0. The van der Waals surface area contributed by atoms with Gasteiger partial charge in [0.2, 0.25) is 0 Å². The van der Waals surface area contributed by atoms with E-state index in [1.807, 2.05) is 0 Å². The molecule has 0 amide bonds. The molecular weight excluding hydrogens is 222 g/mol. The summed E-state index contributed by atoms with van der Waals surface area (Å²) in [7, 11) is 0. The van der Waals surface area contributed by atoms with Crippen molar-refractivity contribution >= 4 is 0 Å². The summed E-state index contributed by atoms with van der Waals surface area (Å²) in [5.74, 6) is 1.12. The number of nitrogens with one attached hydrogen (secondary N) is 1. The molecule has 2 heteroatoms. The molecular formula is C16H23NO. The summed E-state index contributed by atoms with van der Waals surface area (Å²) in [4.78, 5) is 0. The molecule has 3 rings (SSSR count). The second-order valence-corrected chi connectivity index (χ2v) is 6.45. The fourth-order valence-corrected chi connectivity index (χ4v) is 2.93. The molecule has 1 aromatic carbocycles. The smallest absolute Gasteiger partial charge is 0.126 e. The van der Waals surface area contributed by atoms with E-state index in [4.69, 9.17) is 4.74 Å². The van der Waals surface area contributed by atoms with Crippen molar-refractivity contribution in [1.29, 1.82) is 0 Å². The molecule has 0 aromatic heterocycles. The van der Waals surface area contributed by atoms with Crippen LogP contribution in [0.25, 0.3) is 0 Å². The number of rotatable bonds is 2. The first-order valence-corrected chi connectivity index (χ1v) is 7.06. The van der Waals surface area contributed by atoms with Gasteiger partial charge in [0, 0.05) is 17.6 Å². The lowest BCUT2D eigenvalue weighted by Crippen LogP contribution is -2.26. The topological polar surface area (TPSA) is 21.3 Å². The maximum Gasteiger partial charge on any atom is 0.126 e. The zero-order valence-corrected chi connectivity index (χ0v) is 11.6. The van der Waals surface area contributed by atoms with Crippen molar-refractivity contribution in [1.82, 2.24) is 5.32 Å². The molecule has 2 atom stereocenters. The molecule has 0 bridgehead atoms. The van der Waals surface area contributed by atoms with E-state index in [9.17, 15) is 0 Å². The predicted octanol–water partition coefficient (Wildman–Crippen LogP) is 3.60. The third kappa shape index (κ3) is 2.14. The number of ether oxygens (including phenoxy) is 1. The van der Waals surface area contributed by atoms with E-state index >= 15 is 0 Å². The molecule has 1 fully saturated rings. The number of benzene rings is 1. The van der Waals surface area contributed by atoms with E-state index in [2.05, 4.69) is 44.3 Å². The van der Waals surface area contributed by atoms with E-state index in [1.54, 1.807) is 0 Å². The van der Waals surface area contributed by atoms with Gasteiger partial charge < -0.3 is 10.1 Å². The van der Waals surface area contributed by atoms with Gasteiger partial charge in [-0.05, 0) is 37.2 Å². The van der Waals surface area contributed by atoms with Crippen LogP contribution >= 0.6 is 0 Å². The molecule has 0 radical (unpaired) electrons. The van der Waals surface area contributed by atoms with Crippen LogP contribution in [0.1, 0.15) is 50.3 Å². The molecule has 0 saturated heterocycles. The van der Waals surface area contributed by atoms with Gasteiger partial charge in [0.1, 0.15) is 5.75 Å². The minimum atomic E-state index is 0.467. The Balaban J connectivity index is 1.85. The highest BCUT2D eigenvalue weighted by atomic mass is 16.5. The lowest BCUT2D eigenvalue weighted by Gasteiger charge is -2.20. The van der Waals surface area contributed by atoms with Crippen molar-refractivity contribution in [2.45, 2.75) is 52.1 Å². The molecule has 98 valence electrons. The fraction of sp³-hybridized carbons (Fsp3) is 0.625. The van der Waals surface area contributed by atoms with Crippen molar-refractivity contribution in [3.8, 4) is 5.75 Å². The Labute approximate surface area is 110 Å². The average molecular weight is 245 g/mol. The first kappa shape index (κ1) is 12.0. The van der Waals surface area contributed by atoms with Gasteiger partial charge in [0.15, 0.2) is 0 Å². The van der Waals surface area contributed by atoms with Gasteiger partial charge in [-0.15, -0.1) is 0 Å². The second-order valence-electron chi connectivity index (χ2n) is 6.45. The Morgan fingerprint density at radius 1 is 1.33 bits per heavy atom. The lowest BCUT2D eigenvalue weighted by atomic mass is 9.99. The number of hydrogen-bond donors (Lipinski definition) is 1. The minimum absolute atomic E-state index is 0.467. The van der Waals surface area contributed by atoms with Gasteiger partial charge in [-0.1, -0.05) is 32.0 Å². The quantitative estimate of drug-likeness (QED) is 0.859. The van der Waals surface area contributed by atoms with Crippen LogP contribution in [0.3, 0.4) is 0 Å². The Morgan fingerprint density at radius 2 is 2.11 bits per heavy atom. The standard InChI is InChI=1S/C16H23NO/c1-11-6-4-7-12-13(8-5-9-18-15(11)12)17-14-10-16(14,2)3/h4,6-7,13-14,17H,5,8-10H2,1-3H3. The Kier molecular flexibility index (Phi) is 2.86. The first-order chi connectivity index (χ1) is 8.58. The molecule has 0 spiro atoms. The maximum atomic E-state index is 5.92. The Hall–Kier alpha value is -1.02. The third-order valence-corrected chi connectivity index (χ3v) is 4.42. The third-order valence-electron chi connectivity index (χ3n) is 4.42. The molecule has 1 heterocycles. The molecule has 1 aromatic rings. The molecule has 1 aliphatic carbocycles. The summed E-state index contributed by atoms with van der Waals surface area (Å²) in [6.07, 6.45) is 3.62. The van der Waals surface area contributed by atoms with Crippen LogP contribution < -0.4 is 10.1 Å². The number of fused-ring (bicyclic) bond motifs is 1. The number of hydrogen-bond acceptors (Lipinski definition) is 2. The Morgan fingerprint density at radius 3 is 2.83 bits per heavy atom. The summed E-state index contributed by atoms with van der Waals surface area (Å²) in [5, 5.41) is 3.83. The molecule has 2 unspecified atom stereocenters. The van der Waals surface area contributed by atoms with E-state index in [0.29, 0.717) is 17.5 Å². The maximum absolute atomic E-state index is 5.92. The van der Waals surface area contributed by atoms with Crippen molar-refractivity contribution in [2.75, 3.05) is 6.61 Å². The monoisotopic (exact) mass is 245 g/mol. The van der Waals surface area contributed by atoms with E-state index in [-0.39, 0.29) is 0 Å². The molecule has 2 nitrogen and oxygen atoms in total. The van der Waals surface area contributed by atoms with Crippen LogP contribution in [0, 0.1) is 12.3 Å². The van der Waals surface area contributed by atoms with Gasteiger partial charge in [-0.3, -0.25) is 0 Å². The van der Waals surface area contributed by atoms with E-state index in [0.717, 1.165) is 18.8 Å². The zero-order valence-electron chi connectivity index (χ0n) is 11.6. The van der Waals surface area contributed by atoms with E-state index < -0.39 is 0 Å². The largest absolute Gasteiger partial charge is 0.493 e. The Bertz CT molecular complexity index is 452. The van der Waals surface area contributed by atoms with Crippen molar-refractivity contribution in [3.05, 3.63) is 29.3 Å². The van der Waals surface area contributed by atoms with Crippen LogP contribution in [0.15, 0.2) is 18.2 Å². The number of aryl methyl sites for hydroxylation is 1. The van der Waals surface area contributed by atoms with Gasteiger partial charge in [-0.25, -0.2) is 0 Å². The summed E-state index contributed by atoms with van der Waals surface area (Å²) in [6.45, 7) is 7.68. The highest BCUT2D eigenvalue weighted by molar-refractivity contribution is 5.43. The molecule has 2 aliphatic rings.